The summed E-state index contributed by atoms with van der Waals surface area (Å²) in [5.41, 5.74) is 0. The highest BCUT2D eigenvalue weighted by molar-refractivity contribution is 7.90. The van der Waals surface area contributed by atoms with Crippen LogP contribution in [0.3, 0.4) is 0 Å². The van der Waals surface area contributed by atoms with Gasteiger partial charge >= 0.3 is 5.97 Å². The lowest BCUT2D eigenvalue weighted by Crippen LogP contribution is -2.20. The Labute approximate surface area is 96.4 Å². The third kappa shape index (κ3) is 3.81. The van der Waals surface area contributed by atoms with Crippen LogP contribution in [-0.4, -0.2) is 31.5 Å². The lowest BCUT2D eigenvalue weighted by atomic mass is 10.1. The van der Waals surface area contributed by atoms with Crippen LogP contribution in [0, 0.1) is 0 Å². The van der Waals surface area contributed by atoms with Gasteiger partial charge in [0.25, 0.3) is 0 Å². The normalized spacial score (nSPS) is 13.7. The third-order valence-electron chi connectivity index (χ3n) is 1.70. The van der Waals surface area contributed by atoms with Crippen LogP contribution in [0.15, 0.2) is 12.1 Å². The molecule has 0 amide bonds. The lowest BCUT2D eigenvalue weighted by molar-refractivity contribution is -0.138. The molecule has 0 saturated carbocycles. The Bertz CT molecular complexity index is 463. The zero-order valence-corrected chi connectivity index (χ0v) is 10.2. The molecule has 4 nitrogen and oxygen atoms in total. The van der Waals surface area contributed by atoms with Gasteiger partial charge in [0.2, 0.25) is 0 Å². The Morgan fingerprint density at radius 1 is 1.60 bits per heavy atom. The minimum Gasteiger partial charge on any atom is -0.481 e. The van der Waals surface area contributed by atoms with Crippen molar-refractivity contribution >= 4 is 38.7 Å². The van der Waals surface area contributed by atoms with Crippen LogP contribution in [0.1, 0.15) is 10.8 Å². The maximum atomic E-state index is 11.0. The van der Waals surface area contributed by atoms with Crippen molar-refractivity contribution in [3.05, 3.63) is 21.3 Å². The van der Waals surface area contributed by atoms with Crippen molar-refractivity contribution in [2.24, 2.45) is 0 Å². The van der Waals surface area contributed by atoms with Crippen LogP contribution in [-0.2, 0) is 14.6 Å². The van der Waals surface area contributed by atoms with E-state index in [0.29, 0.717) is 9.21 Å². The van der Waals surface area contributed by atoms with Gasteiger partial charge < -0.3 is 5.11 Å². The molecule has 1 aromatic rings. The van der Waals surface area contributed by atoms with E-state index in [1.165, 1.54) is 6.07 Å². The number of aliphatic carboxylic acids is 1. The predicted octanol–water partition coefficient (Wildman–Crippen LogP) is 1.61. The van der Waals surface area contributed by atoms with E-state index in [9.17, 15) is 13.2 Å². The minimum atomic E-state index is -3.32. The van der Waals surface area contributed by atoms with Crippen molar-refractivity contribution in [2.75, 3.05) is 12.0 Å². The first-order valence-electron chi connectivity index (χ1n) is 3.95. The molecule has 0 radical (unpaired) electrons. The third-order valence-corrected chi connectivity index (χ3v) is 3.99. The topological polar surface area (TPSA) is 71.4 Å². The van der Waals surface area contributed by atoms with Crippen LogP contribution in [0.5, 0.6) is 0 Å². The van der Waals surface area contributed by atoms with Crippen molar-refractivity contribution in [3.63, 3.8) is 0 Å². The van der Waals surface area contributed by atoms with Crippen molar-refractivity contribution in [3.8, 4) is 0 Å². The number of hydrogen-bond acceptors (Lipinski definition) is 4. The fourth-order valence-corrected chi connectivity index (χ4v) is 3.28. The zero-order valence-electron chi connectivity index (χ0n) is 7.81. The zero-order chi connectivity index (χ0) is 11.6. The van der Waals surface area contributed by atoms with Gasteiger partial charge in [0.1, 0.15) is 15.8 Å². The summed E-state index contributed by atoms with van der Waals surface area (Å²) >= 11 is 6.74. The Morgan fingerprint density at radius 2 is 2.20 bits per heavy atom. The summed E-state index contributed by atoms with van der Waals surface area (Å²) in [6.07, 6.45) is 1.01. The Morgan fingerprint density at radius 3 is 2.53 bits per heavy atom. The van der Waals surface area contributed by atoms with Gasteiger partial charge in [0.05, 0.1) is 10.1 Å². The summed E-state index contributed by atoms with van der Waals surface area (Å²) in [6, 6.07) is 3.09. The molecule has 1 atom stereocenters. The van der Waals surface area contributed by atoms with Gasteiger partial charge in [-0.3, -0.25) is 4.79 Å². The molecular weight excluding hydrogens is 260 g/mol. The maximum absolute atomic E-state index is 11.0. The monoisotopic (exact) mass is 268 g/mol. The number of carbonyl (C=O) groups is 1. The Hall–Kier alpha value is -0.590. The number of thiophene rings is 1. The molecule has 0 aromatic carbocycles. The number of carboxylic acid groups (broad SMARTS) is 1. The van der Waals surface area contributed by atoms with Crippen molar-refractivity contribution < 1.29 is 18.3 Å². The summed E-state index contributed by atoms with van der Waals surface area (Å²) in [5, 5.41) is 8.90. The fourth-order valence-electron chi connectivity index (χ4n) is 1.09. The molecule has 0 aliphatic rings. The quantitative estimate of drug-likeness (QED) is 0.901. The molecule has 7 heteroatoms. The van der Waals surface area contributed by atoms with E-state index < -0.39 is 27.5 Å². The van der Waals surface area contributed by atoms with Crippen LogP contribution in [0.4, 0.5) is 0 Å². The predicted molar refractivity (Wildman–Crippen MR) is 59.4 cm³/mol. The molecule has 1 aromatic heterocycles. The molecule has 15 heavy (non-hydrogen) atoms. The average molecular weight is 269 g/mol. The van der Waals surface area contributed by atoms with Gasteiger partial charge in [0.15, 0.2) is 0 Å². The molecule has 84 valence electrons. The largest absolute Gasteiger partial charge is 0.481 e. The van der Waals surface area contributed by atoms with E-state index >= 15 is 0 Å². The summed E-state index contributed by atoms with van der Waals surface area (Å²) in [4.78, 5) is 11.3. The number of hydrogen-bond donors (Lipinski definition) is 1. The molecule has 1 heterocycles. The first-order chi connectivity index (χ1) is 6.79. The van der Waals surface area contributed by atoms with Gasteiger partial charge in [-0.1, -0.05) is 11.6 Å². The van der Waals surface area contributed by atoms with Gasteiger partial charge in [-0.05, 0) is 12.1 Å². The van der Waals surface area contributed by atoms with Crippen molar-refractivity contribution in [1.82, 2.24) is 0 Å². The van der Waals surface area contributed by atoms with E-state index in [4.69, 9.17) is 16.7 Å². The van der Waals surface area contributed by atoms with Crippen molar-refractivity contribution in [1.29, 1.82) is 0 Å². The smallest absolute Gasteiger partial charge is 0.312 e. The second-order valence-corrected chi connectivity index (χ2v) is 7.06. The van der Waals surface area contributed by atoms with Crippen LogP contribution in [0.25, 0.3) is 0 Å². The van der Waals surface area contributed by atoms with Crippen LogP contribution in [0.2, 0.25) is 4.34 Å². The molecule has 0 saturated heterocycles. The van der Waals surface area contributed by atoms with Gasteiger partial charge in [-0.25, -0.2) is 8.42 Å². The Balaban J connectivity index is 2.99. The second-order valence-electron chi connectivity index (χ2n) is 3.13. The first kappa shape index (κ1) is 12.5. The summed E-state index contributed by atoms with van der Waals surface area (Å²) in [5.74, 6) is -2.59. The van der Waals surface area contributed by atoms with Crippen LogP contribution >= 0.6 is 22.9 Å². The molecular formula is C8H9ClO4S2. The first-order valence-corrected chi connectivity index (χ1v) is 7.21. The SMILES string of the molecule is CS(=O)(=O)CC(C(=O)O)c1ccc(Cl)s1. The highest BCUT2D eigenvalue weighted by Gasteiger charge is 2.25. The molecule has 1 N–H and O–H groups in total. The second kappa shape index (κ2) is 4.51. The summed E-state index contributed by atoms with van der Waals surface area (Å²) in [6.45, 7) is 0. The molecule has 0 aliphatic heterocycles. The summed E-state index contributed by atoms with van der Waals surface area (Å²) < 4.78 is 22.5. The maximum Gasteiger partial charge on any atom is 0.312 e. The summed E-state index contributed by atoms with van der Waals surface area (Å²) in [7, 11) is -3.32. The van der Waals surface area contributed by atoms with E-state index in [2.05, 4.69) is 0 Å². The van der Waals surface area contributed by atoms with Crippen LogP contribution < -0.4 is 0 Å². The molecule has 0 spiro atoms. The standard InChI is InChI=1S/C8H9ClO4S2/c1-15(12,13)4-5(8(10)11)6-2-3-7(9)14-6/h2-3,5H,4H2,1H3,(H,10,11). The fraction of sp³-hybridized carbons (Fsp3) is 0.375. The number of rotatable bonds is 4. The highest BCUT2D eigenvalue weighted by atomic mass is 35.5. The highest BCUT2D eigenvalue weighted by Crippen LogP contribution is 2.29. The Kier molecular flexibility index (Phi) is 3.75. The van der Waals surface area contributed by atoms with Crippen molar-refractivity contribution in [2.45, 2.75) is 5.92 Å². The number of sulfone groups is 1. The van der Waals surface area contributed by atoms with E-state index in [1.54, 1.807) is 6.07 Å². The van der Waals surface area contributed by atoms with Gasteiger partial charge in [-0.2, -0.15) is 0 Å². The van der Waals surface area contributed by atoms with Gasteiger partial charge in [-0.15, -0.1) is 11.3 Å². The molecule has 1 rings (SSSR count). The van der Waals surface area contributed by atoms with E-state index in [1.807, 2.05) is 0 Å². The minimum absolute atomic E-state index is 0.404. The van der Waals surface area contributed by atoms with Gasteiger partial charge in [0, 0.05) is 11.1 Å². The average Bonchev–Trinajstić information content (AvgIpc) is 2.45. The van der Waals surface area contributed by atoms with E-state index in [0.717, 1.165) is 17.6 Å². The molecule has 0 aliphatic carbocycles. The number of halogens is 1. The molecule has 0 bridgehead atoms. The molecule has 0 fully saturated rings. The lowest BCUT2D eigenvalue weighted by Gasteiger charge is -2.08. The molecule has 1 unspecified atom stereocenters. The van der Waals surface area contributed by atoms with E-state index in [-0.39, 0.29) is 0 Å². The number of carboxylic acids is 1.